The van der Waals surface area contributed by atoms with Crippen LogP contribution in [0.1, 0.15) is 35.2 Å². The first-order chi connectivity index (χ1) is 15.1. The number of carbonyl (C=O) groups excluding carboxylic acids is 1. The number of carbonyl (C=O) groups is 1. The Kier molecular flexibility index (Phi) is 6.21. The lowest BCUT2D eigenvalue weighted by Gasteiger charge is -2.27. The second kappa shape index (κ2) is 9.20. The molecule has 2 heterocycles. The van der Waals surface area contributed by atoms with E-state index in [4.69, 9.17) is 9.47 Å². The zero-order valence-corrected chi connectivity index (χ0v) is 17.8. The molecule has 0 unspecified atom stereocenters. The highest BCUT2D eigenvalue weighted by molar-refractivity contribution is 6.07. The number of piperidine rings is 1. The van der Waals surface area contributed by atoms with E-state index in [1.807, 2.05) is 23.1 Å². The molecule has 31 heavy (non-hydrogen) atoms. The molecule has 0 radical (unpaired) electrons. The van der Waals surface area contributed by atoms with Crippen LogP contribution in [0.5, 0.6) is 11.5 Å². The number of fused-ring (bicyclic) bond motifs is 1. The topological polar surface area (TPSA) is 63.7 Å². The summed E-state index contributed by atoms with van der Waals surface area (Å²) in [6, 6.07) is 10.1. The average molecular weight is 423 g/mol. The molecule has 6 nitrogen and oxygen atoms in total. The Balaban J connectivity index is 1.70. The summed E-state index contributed by atoms with van der Waals surface area (Å²) >= 11 is 0. The number of pyridine rings is 1. The quantitative estimate of drug-likeness (QED) is 0.626. The van der Waals surface area contributed by atoms with Gasteiger partial charge in [-0.1, -0.05) is 6.07 Å². The molecule has 162 valence electrons. The fraction of sp³-hybridized carbons (Fsp3) is 0.333. The first kappa shape index (κ1) is 20.9. The van der Waals surface area contributed by atoms with Gasteiger partial charge in [-0.25, -0.2) is 4.39 Å². The number of hydrogen-bond donors (Lipinski definition) is 1. The van der Waals surface area contributed by atoms with Gasteiger partial charge >= 0.3 is 0 Å². The summed E-state index contributed by atoms with van der Waals surface area (Å²) in [5.41, 5.74) is 2.62. The number of anilines is 1. The maximum Gasteiger partial charge on any atom is 0.257 e. The van der Waals surface area contributed by atoms with Gasteiger partial charge in [0.1, 0.15) is 5.82 Å². The van der Waals surface area contributed by atoms with Crippen molar-refractivity contribution >= 4 is 22.5 Å². The highest BCUT2D eigenvalue weighted by Gasteiger charge is 2.23. The largest absolute Gasteiger partial charge is 0.493 e. The maximum absolute atomic E-state index is 14.1. The third-order valence-corrected chi connectivity index (χ3v) is 5.62. The first-order valence-electron chi connectivity index (χ1n) is 10.4. The van der Waals surface area contributed by atoms with Crippen molar-refractivity contribution in [3.8, 4) is 11.5 Å². The smallest absolute Gasteiger partial charge is 0.257 e. The van der Waals surface area contributed by atoms with E-state index >= 15 is 0 Å². The van der Waals surface area contributed by atoms with E-state index in [1.165, 1.54) is 12.1 Å². The summed E-state index contributed by atoms with van der Waals surface area (Å²) in [7, 11) is 3.18. The molecule has 1 N–H and O–H groups in total. The summed E-state index contributed by atoms with van der Waals surface area (Å²) in [6.07, 6.45) is 4.72. The van der Waals surface area contributed by atoms with E-state index in [-0.39, 0.29) is 11.7 Å². The van der Waals surface area contributed by atoms with Gasteiger partial charge in [-0.3, -0.25) is 9.78 Å². The molecule has 1 amide bonds. The summed E-state index contributed by atoms with van der Waals surface area (Å²) in [6.45, 7) is 1.89. The van der Waals surface area contributed by atoms with Crippen molar-refractivity contribution in [2.24, 2.45) is 0 Å². The SMILES string of the molecule is COc1ccc(CNc2c(C(=O)N3CCCCC3)cnc3ccc(F)cc23)cc1OC. The van der Waals surface area contributed by atoms with Crippen molar-refractivity contribution in [3.05, 3.63) is 59.5 Å². The number of amides is 1. The van der Waals surface area contributed by atoms with Crippen LogP contribution < -0.4 is 14.8 Å². The van der Waals surface area contributed by atoms with E-state index in [2.05, 4.69) is 10.3 Å². The van der Waals surface area contributed by atoms with Gasteiger partial charge in [-0.15, -0.1) is 0 Å². The molecule has 0 saturated carbocycles. The molecule has 1 fully saturated rings. The molecular formula is C24H26FN3O3. The van der Waals surface area contributed by atoms with Crippen LogP contribution in [0.25, 0.3) is 10.9 Å². The van der Waals surface area contributed by atoms with Crippen LogP contribution in [0.4, 0.5) is 10.1 Å². The Labute approximate surface area is 181 Å². The fourth-order valence-electron chi connectivity index (χ4n) is 3.97. The van der Waals surface area contributed by atoms with Crippen molar-refractivity contribution in [1.29, 1.82) is 0 Å². The third kappa shape index (κ3) is 4.40. The van der Waals surface area contributed by atoms with Gasteiger partial charge < -0.3 is 19.7 Å². The second-order valence-corrected chi connectivity index (χ2v) is 7.60. The Hall–Kier alpha value is -3.35. The Bertz CT molecular complexity index is 1100. The first-order valence-corrected chi connectivity index (χ1v) is 10.4. The van der Waals surface area contributed by atoms with E-state index in [0.717, 1.165) is 37.9 Å². The van der Waals surface area contributed by atoms with Crippen molar-refractivity contribution < 1.29 is 18.7 Å². The lowest BCUT2D eigenvalue weighted by Crippen LogP contribution is -2.36. The zero-order valence-electron chi connectivity index (χ0n) is 17.8. The molecule has 1 saturated heterocycles. The molecule has 0 atom stereocenters. The van der Waals surface area contributed by atoms with Gasteiger partial charge in [-0.05, 0) is 55.2 Å². The molecule has 1 aliphatic rings. The normalized spacial score (nSPS) is 13.8. The van der Waals surface area contributed by atoms with Crippen molar-refractivity contribution in [3.63, 3.8) is 0 Å². The van der Waals surface area contributed by atoms with E-state index in [9.17, 15) is 9.18 Å². The summed E-state index contributed by atoms with van der Waals surface area (Å²) in [5, 5.41) is 3.94. The molecule has 3 aromatic rings. The maximum atomic E-state index is 14.1. The van der Waals surface area contributed by atoms with Crippen LogP contribution in [0.3, 0.4) is 0 Å². The number of nitrogens with zero attached hydrogens (tertiary/aromatic N) is 2. The van der Waals surface area contributed by atoms with E-state index < -0.39 is 0 Å². The number of ether oxygens (including phenoxy) is 2. The Morgan fingerprint density at radius 3 is 2.58 bits per heavy atom. The van der Waals surface area contributed by atoms with Crippen LogP contribution >= 0.6 is 0 Å². The molecule has 4 rings (SSSR count). The van der Waals surface area contributed by atoms with Gasteiger partial charge in [0, 0.05) is 31.2 Å². The van der Waals surface area contributed by atoms with Gasteiger partial charge in [0.15, 0.2) is 11.5 Å². The van der Waals surface area contributed by atoms with Gasteiger partial charge in [0.05, 0.1) is 31.0 Å². The number of rotatable bonds is 6. The Morgan fingerprint density at radius 1 is 1.06 bits per heavy atom. The zero-order chi connectivity index (χ0) is 21.8. The van der Waals surface area contributed by atoms with Crippen LogP contribution in [-0.2, 0) is 6.54 Å². The van der Waals surface area contributed by atoms with Gasteiger partial charge in [-0.2, -0.15) is 0 Å². The van der Waals surface area contributed by atoms with Crippen LogP contribution in [0.2, 0.25) is 0 Å². The predicted octanol–water partition coefficient (Wildman–Crippen LogP) is 4.63. The molecule has 1 aliphatic heterocycles. The minimum atomic E-state index is -0.369. The van der Waals surface area contributed by atoms with E-state index in [1.54, 1.807) is 26.5 Å². The number of methoxy groups -OCH3 is 2. The average Bonchev–Trinajstić information content (AvgIpc) is 2.82. The van der Waals surface area contributed by atoms with Crippen molar-refractivity contribution in [2.45, 2.75) is 25.8 Å². The van der Waals surface area contributed by atoms with Crippen LogP contribution in [0, 0.1) is 5.82 Å². The molecule has 0 spiro atoms. The highest BCUT2D eigenvalue weighted by atomic mass is 19.1. The minimum Gasteiger partial charge on any atom is -0.493 e. The number of likely N-dealkylation sites (tertiary alicyclic amines) is 1. The third-order valence-electron chi connectivity index (χ3n) is 5.62. The summed E-state index contributed by atoms with van der Waals surface area (Å²) in [5.74, 6) is 0.819. The standard InChI is InChI=1S/C24H26FN3O3/c1-30-21-9-6-16(12-22(21)31-2)14-27-23-18-13-17(25)7-8-20(18)26-15-19(23)24(29)28-10-4-3-5-11-28/h6-9,12-13,15H,3-5,10-11,14H2,1-2H3,(H,26,27). The lowest BCUT2D eigenvalue weighted by molar-refractivity contribution is 0.0725. The number of nitrogens with one attached hydrogen (secondary N) is 1. The second-order valence-electron chi connectivity index (χ2n) is 7.60. The number of benzene rings is 2. The van der Waals surface area contributed by atoms with Crippen LogP contribution in [0.15, 0.2) is 42.6 Å². The van der Waals surface area contributed by atoms with Crippen molar-refractivity contribution in [1.82, 2.24) is 9.88 Å². The number of hydrogen-bond acceptors (Lipinski definition) is 5. The molecule has 1 aromatic heterocycles. The predicted molar refractivity (Wildman–Crippen MR) is 118 cm³/mol. The summed E-state index contributed by atoms with van der Waals surface area (Å²) < 4.78 is 24.7. The number of halogens is 1. The minimum absolute atomic E-state index is 0.0758. The van der Waals surface area contributed by atoms with Crippen molar-refractivity contribution in [2.75, 3.05) is 32.6 Å². The highest BCUT2D eigenvalue weighted by Crippen LogP contribution is 2.31. The lowest BCUT2D eigenvalue weighted by atomic mass is 10.1. The molecule has 0 bridgehead atoms. The van der Waals surface area contributed by atoms with E-state index in [0.29, 0.717) is 40.2 Å². The molecular weight excluding hydrogens is 397 g/mol. The monoisotopic (exact) mass is 423 g/mol. The fourth-order valence-corrected chi connectivity index (χ4v) is 3.97. The van der Waals surface area contributed by atoms with Gasteiger partial charge in [0.2, 0.25) is 0 Å². The number of aromatic nitrogens is 1. The van der Waals surface area contributed by atoms with Gasteiger partial charge in [0.25, 0.3) is 5.91 Å². The molecule has 7 heteroatoms. The molecule has 0 aliphatic carbocycles. The summed E-state index contributed by atoms with van der Waals surface area (Å²) in [4.78, 5) is 19.5. The Morgan fingerprint density at radius 2 is 1.84 bits per heavy atom. The van der Waals surface area contributed by atoms with Crippen LogP contribution in [-0.4, -0.2) is 43.1 Å². The molecule has 2 aromatic carbocycles.